The summed E-state index contributed by atoms with van der Waals surface area (Å²) in [5.74, 6) is 0.104. The van der Waals surface area contributed by atoms with E-state index in [4.69, 9.17) is 5.26 Å². The van der Waals surface area contributed by atoms with Gasteiger partial charge in [0.1, 0.15) is 0 Å². The van der Waals surface area contributed by atoms with Crippen LogP contribution in [0.15, 0.2) is 30.3 Å². The van der Waals surface area contributed by atoms with E-state index in [2.05, 4.69) is 47.6 Å². The second kappa shape index (κ2) is 8.68. The Morgan fingerprint density at radius 3 is 2.72 bits per heavy atom. The lowest BCUT2D eigenvalue weighted by atomic mass is 10.2. The highest BCUT2D eigenvalue weighted by Crippen LogP contribution is 2.02. The highest BCUT2D eigenvalue weighted by Gasteiger charge is 2.00. The third-order valence-corrected chi connectivity index (χ3v) is 2.86. The molecule has 0 aliphatic carbocycles. The van der Waals surface area contributed by atoms with Crippen molar-refractivity contribution in [1.82, 2.24) is 10.2 Å². The Kier molecular flexibility index (Phi) is 7.09. The van der Waals surface area contributed by atoms with Crippen molar-refractivity contribution >= 4 is 0 Å². The average Bonchev–Trinajstić information content (AvgIpc) is 2.39. The van der Waals surface area contributed by atoms with E-state index in [1.807, 2.05) is 13.0 Å². The Morgan fingerprint density at radius 1 is 1.33 bits per heavy atom. The Balaban J connectivity index is 2.07. The molecule has 98 valence electrons. The molecule has 0 radical (unpaired) electrons. The van der Waals surface area contributed by atoms with Gasteiger partial charge in [-0.3, -0.25) is 0 Å². The van der Waals surface area contributed by atoms with Gasteiger partial charge in [-0.25, -0.2) is 0 Å². The number of rotatable bonds is 8. The molecule has 1 aromatic carbocycles. The first-order valence-electron chi connectivity index (χ1n) is 6.55. The largest absolute Gasteiger partial charge is 0.315 e. The summed E-state index contributed by atoms with van der Waals surface area (Å²) in [5.41, 5.74) is 1.35. The minimum absolute atomic E-state index is 0.104. The van der Waals surface area contributed by atoms with Crippen LogP contribution in [0.5, 0.6) is 0 Å². The molecule has 0 aromatic heterocycles. The fourth-order valence-electron chi connectivity index (χ4n) is 1.81. The van der Waals surface area contributed by atoms with E-state index in [0.29, 0.717) is 0 Å². The summed E-state index contributed by atoms with van der Waals surface area (Å²) < 4.78 is 0. The van der Waals surface area contributed by atoms with Crippen molar-refractivity contribution in [2.45, 2.75) is 19.9 Å². The predicted octanol–water partition coefficient (Wildman–Crippen LogP) is 2.26. The third kappa shape index (κ3) is 6.39. The van der Waals surface area contributed by atoms with Gasteiger partial charge in [-0.05, 0) is 39.0 Å². The van der Waals surface area contributed by atoms with Crippen LogP contribution in [-0.4, -0.2) is 31.6 Å². The summed E-state index contributed by atoms with van der Waals surface area (Å²) >= 11 is 0. The summed E-state index contributed by atoms with van der Waals surface area (Å²) in [6.07, 6.45) is 1.11. The molecule has 0 heterocycles. The normalized spacial score (nSPS) is 12.3. The second-order valence-corrected chi connectivity index (χ2v) is 4.81. The molecule has 1 N–H and O–H groups in total. The van der Waals surface area contributed by atoms with Crippen LogP contribution in [0.3, 0.4) is 0 Å². The lowest BCUT2D eigenvalue weighted by Crippen LogP contribution is -2.26. The van der Waals surface area contributed by atoms with Crippen LogP contribution in [0.25, 0.3) is 0 Å². The number of nitrogens with one attached hydrogen (secondary N) is 1. The topological polar surface area (TPSA) is 39.1 Å². The minimum Gasteiger partial charge on any atom is -0.315 e. The molecule has 3 nitrogen and oxygen atoms in total. The molecule has 0 aliphatic heterocycles. The summed E-state index contributed by atoms with van der Waals surface area (Å²) in [7, 11) is 2.14. The summed E-state index contributed by atoms with van der Waals surface area (Å²) in [6, 6.07) is 12.7. The van der Waals surface area contributed by atoms with E-state index in [0.717, 1.165) is 32.6 Å². The fourth-order valence-corrected chi connectivity index (χ4v) is 1.81. The number of hydrogen-bond acceptors (Lipinski definition) is 3. The van der Waals surface area contributed by atoms with Crippen LogP contribution in [0.2, 0.25) is 0 Å². The Labute approximate surface area is 110 Å². The predicted molar refractivity (Wildman–Crippen MR) is 75.0 cm³/mol. The van der Waals surface area contributed by atoms with Gasteiger partial charge in [-0.15, -0.1) is 0 Å². The quantitative estimate of drug-likeness (QED) is 0.714. The molecule has 0 spiro atoms. The molecule has 0 fully saturated rings. The molecule has 1 rings (SSSR count). The second-order valence-electron chi connectivity index (χ2n) is 4.81. The molecule has 0 bridgehead atoms. The van der Waals surface area contributed by atoms with Crippen molar-refractivity contribution in [3.63, 3.8) is 0 Å². The van der Waals surface area contributed by atoms with Gasteiger partial charge in [-0.2, -0.15) is 5.26 Å². The van der Waals surface area contributed by atoms with Gasteiger partial charge in [0.25, 0.3) is 0 Å². The van der Waals surface area contributed by atoms with Crippen molar-refractivity contribution in [1.29, 1.82) is 5.26 Å². The summed E-state index contributed by atoms with van der Waals surface area (Å²) in [5, 5.41) is 12.0. The maximum absolute atomic E-state index is 8.65. The SMILES string of the molecule is CC(C#N)CNCCCN(C)Cc1ccccc1. The maximum atomic E-state index is 8.65. The summed E-state index contributed by atoms with van der Waals surface area (Å²) in [4.78, 5) is 2.32. The van der Waals surface area contributed by atoms with E-state index in [-0.39, 0.29) is 5.92 Å². The summed E-state index contributed by atoms with van der Waals surface area (Å²) in [6.45, 7) is 5.77. The van der Waals surface area contributed by atoms with Crippen LogP contribution in [-0.2, 0) is 6.54 Å². The smallest absolute Gasteiger partial charge is 0.0666 e. The first-order chi connectivity index (χ1) is 8.72. The van der Waals surface area contributed by atoms with Gasteiger partial charge in [0.05, 0.1) is 12.0 Å². The Hall–Kier alpha value is -1.37. The highest BCUT2D eigenvalue weighted by atomic mass is 15.1. The zero-order valence-electron chi connectivity index (χ0n) is 11.4. The number of hydrogen-bond donors (Lipinski definition) is 1. The van der Waals surface area contributed by atoms with Crippen molar-refractivity contribution in [3.05, 3.63) is 35.9 Å². The van der Waals surface area contributed by atoms with Crippen LogP contribution in [0, 0.1) is 17.2 Å². The molecule has 1 unspecified atom stereocenters. The number of nitriles is 1. The van der Waals surface area contributed by atoms with Crippen LogP contribution < -0.4 is 5.32 Å². The van der Waals surface area contributed by atoms with Gasteiger partial charge in [0.15, 0.2) is 0 Å². The van der Waals surface area contributed by atoms with Crippen molar-refractivity contribution in [2.75, 3.05) is 26.7 Å². The molecule has 0 saturated carbocycles. The van der Waals surface area contributed by atoms with Gasteiger partial charge < -0.3 is 10.2 Å². The van der Waals surface area contributed by atoms with Crippen molar-refractivity contribution in [3.8, 4) is 6.07 Å². The van der Waals surface area contributed by atoms with Crippen molar-refractivity contribution < 1.29 is 0 Å². The third-order valence-electron chi connectivity index (χ3n) is 2.86. The van der Waals surface area contributed by atoms with E-state index in [9.17, 15) is 0 Å². The van der Waals surface area contributed by atoms with Gasteiger partial charge in [0.2, 0.25) is 0 Å². The van der Waals surface area contributed by atoms with Gasteiger partial charge in [-0.1, -0.05) is 30.3 Å². The van der Waals surface area contributed by atoms with E-state index < -0.39 is 0 Å². The monoisotopic (exact) mass is 245 g/mol. The van der Waals surface area contributed by atoms with Crippen molar-refractivity contribution in [2.24, 2.45) is 5.92 Å². The molecular weight excluding hydrogens is 222 g/mol. The lowest BCUT2D eigenvalue weighted by Gasteiger charge is -2.16. The average molecular weight is 245 g/mol. The zero-order chi connectivity index (χ0) is 13.2. The Bertz CT molecular complexity index is 356. The molecule has 0 saturated heterocycles. The molecule has 0 aliphatic rings. The standard InChI is InChI=1S/C15H23N3/c1-14(11-16)12-17-9-6-10-18(2)13-15-7-4-3-5-8-15/h3-5,7-8,14,17H,6,9-10,12-13H2,1-2H3. The van der Waals surface area contributed by atoms with E-state index in [1.54, 1.807) is 0 Å². The van der Waals surface area contributed by atoms with Crippen LogP contribution in [0.1, 0.15) is 18.9 Å². The molecular formula is C15H23N3. The number of benzene rings is 1. The Morgan fingerprint density at radius 2 is 2.06 bits per heavy atom. The van der Waals surface area contributed by atoms with Gasteiger partial charge in [0, 0.05) is 13.1 Å². The molecule has 0 amide bonds. The molecule has 3 heteroatoms. The molecule has 1 aromatic rings. The van der Waals surface area contributed by atoms with E-state index >= 15 is 0 Å². The first kappa shape index (κ1) is 14.7. The lowest BCUT2D eigenvalue weighted by molar-refractivity contribution is 0.319. The maximum Gasteiger partial charge on any atom is 0.0666 e. The first-order valence-corrected chi connectivity index (χ1v) is 6.55. The highest BCUT2D eigenvalue weighted by molar-refractivity contribution is 5.14. The molecule has 18 heavy (non-hydrogen) atoms. The minimum atomic E-state index is 0.104. The van der Waals surface area contributed by atoms with E-state index in [1.165, 1.54) is 5.56 Å². The van der Waals surface area contributed by atoms with Crippen LogP contribution >= 0.6 is 0 Å². The molecule has 1 atom stereocenters. The zero-order valence-corrected chi connectivity index (χ0v) is 11.4. The van der Waals surface area contributed by atoms with Gasteiger partial charge >= 0.3 is 0 Å². The van der Waals surface area contributed by atoms with Crippen LogP contribution in [0.4, 0.5) is 0 Å². The number of nitrogens with zero attached hydrogens (tertiary/aromatic N) is 2. The fraction of sp³-hybridized carbons (Fsp3) is 0.533.